The van der Waals surface area contributed by atoms with Crippen LogP contribution in [0.5, 0.6) is 0 Å². The second-order valence-corrected chi connectivity index (χ2v) is 9.84. The first-order valence-corrected chi connectivity index (χ1v) is 12.0. The van der Waals surface area contributed by atoms with E-state index in [1.54, 1.807) is 19.1 Å². The highest BCUT2D eigenvalue weighted by molar-refractivity contribution is 7.92. The third-order valence-electron chi connectivity index (χ3n) is 5.88. The van der Waals surface area contributed by atoms with E-state index in [4.69, 9.17) is 0 Å². The molecule has 29 heavy (non-hydrogen) atoms. The predicted octanol–water partition coefficient (Wildman–Crippen LogP) is 4.53. The maximum absolute atomic E-state index is 13.4. The Hall–Kier alpha value is -2.34. The fourth-order valence-electron chi connectivity index (χ4n) is 4.07. The molecule has 2 N–H and O–H groups in total. The van der Waals surface area contributed by atoms with Crippen LogP contribution in [0.15, 0.2) is 54.6 Å². The Balaban J connectivity index is 1.83. The number of carbonyl (C=O) groups excluding carboxylic acids is 1. The number of benzene rings is 2. The van der Waals surface area contributed by atoms with E-state index >= 15 is 0 Å². The van der Waals surface area contributed by atoms with Gasteiger partial charge in [-0.25, -0.2) is 8.42 Å². The van der Waals surface area contributed by atoms with Gasteiger partial charge in [0.15, 0.2) is 0 Å². The molecule has 5 nitrogen and oxygen atoms in total. The molecule has 6 heteroatoms. The molecule has 1 fully saturated rings. The lowest BCUT2D eigenvalue weighted by molar-refractivity contribution is -0.128. The van der Waals surface area contributed by atoms with Crippen LogP contribution in [0.4, 0.5) is 5.69 Å². The molecule has 0 unspecified atom stereocenters. The molecule has 3 rings (SSSR count). The smallest absolute Gasteiger partial charge is 0.232 e. The zero-order valence-corrected chi connectivity index (χ0v) is 18.0. The van der Waals surface area contributed by atoms with Crippen LogP contribution in [0, 0.1) is 0 Å². The second-order valence-electron chi connectivity index (χ2n) is 7.83. The lowest BCUT2D eigenvalue weighted by atomic mass is 9.68. The van der Waals surface area contributed by atoms with Crippen LogP contribution in [0.1, 0.15) is 63.1 Å². The van der Waals surface area contributed by atoms with E-state index in [0.717, 1.165) is 43.2 Å². The highest BCUT2D eigenvalue weighted by Crippen LogP contribution is 2.40. The standard InChI is InChI=1S/C23H30N2O3S/c1-3-29(27,28)25-21-14-12-20(13-15-21)23(16-8-5-9-17-23)22(26)24-18(2)19-10-6-4-7-11-19/h4,6-7,10-15,18,25H,3,5,8-9,16-17H2,1-2H3,(H,24,26)/t18-/m0/s1. The molecule has 0 radical (unpaired) electrons. The number of carbonyl (C=O) groups is 1. The van der Waals surface area contributed by atoms with Gasteiger partial charge in [-0.15, -0.1) is 0 Å². The molecule has 1 aliphatic carbocycles. The minimum atomic E-state index is -3.32. The molecular formula is C23H30N2O3S. The quantitative estimate of drug-likeness (QED) is 0.699. The van der Waals surface area contributed by atoms with Crippen molar-refractivity contribution < 1.29 is 13.2 Å². The molecule has 2 aromatic rings. The van der Waals surface area contributed by atoms with Crippen molar-refractivity contribution in [3.63, 3.8) is 0 Å². The van der Waals surface area contributed by atoms with Crippen LogP contribution in [0.2, 0.25) is 0 Å². The highest BCUT2D eigenvalue weighted by Gasteiger charge is 2.41. The van der Waals surface area contributed by atoms with Crippen molar-refractivity contribution in [2.24, 2.45) is 0 Å². The zero-order chi connectivity index (χ0) is 20.9. The Morgan fingerprint density at radius 1 is 1.00 bits per heavy atom. The topological polar surface area (TPSA) is 75.3 Å². The van der Waals surface area contributed by atoms with Crippen molar-refractivity contribution in [3.05, 3.63) is 65.7 Å². The van der Waals surface area contributed by atoms with Gasteiger partial charge in [0.2, 0.25) is 15.9 Å². The molecule has 0 saturated heterocycles. The number of rotatable bonds is 7. The van der Waals surface area contributed by atoms with Gasteiger partial charge in [0.05, 0.1) is 17.2 Å². The number of nitrogens with one attached hydrogen (secondary N) is 2. The summed E-state index contributed by atoms with van der Waals surface area (Å²) in [5.41, 5.74) is 1.99. The second kappa shape index (κ2) is 8.99. The highest BCUT2D eigenvalue weighted by atomic mass is 32.2. The van der Waals surface area contributed by atoms with Gasteiger partial charge in [-0.05, 0) is 49.9 Å². The molecule has 0 spiro atoms. The third-order valence-corrected chi connectivity index (χ3v) is 7.19. The molecule has 156 valence electrons. The van der Waals surface area contributed by atoms with Gasteiger partial charge < -0.3 is 5.32 Å². The summed E-state index contributed by atoms with van der Waals surface area (Å²) in [6.45, 7) is 3.61. The van der Waals surface area contributed by atoms with Crippen LogP contribution in [-0.4, -0.2) is 20.1 Å². The molecule has 1 saturated carbocycles. The summed E-state index contributed by atoms with van der Waals surface area (Å²) in [5.74, 6) is 0.0776. The first-order chi connectivity index (χ1) is 13.9. The Morgan fingerprint density at radius 2 is 1.62 bits per heavy atom. The first kappa shape index (κ1) is 21.4. The maximum Gasteiger partial charge on any atom is 0.232 e. The van der Waals surface area contributed by atoms with Crippen LogP contribution >= 0.6 is 0 Å². The fraction of sp³-hybridized carbons (Fsp3) is 0.435. The summed E-state index contributed by atoms with van der Waals surface area (Å²) >= 11 is 0. The molecule has 1 amide bonds. The van der Waals surface area contributed by atoms with E-state index < -0.39 is 15.4 Å². The molecule has 0 bridgehead atoms. The Kier molecular flexibility index (Phi) is 6.63. The number of sulfonamides is 1. The molecule has 0 heterocycles. The summed E-state index contributed by atoms with van der Waals surface area (Å²) in [4.78, 5) is 13.4. The SMILES string of the molecule is CCS(=O)(=O)Nc1ccc(C2(C(=O)N[C@@H](C)c3ccccc3)CCCCC2)cc1. The van der Waals surface area contributed by atoms with E-state index in [9.17, 15) is 13.2 Å². The van der Waals surface area contributed by atoms with Gasteiger partial charge in [0.25, 0.3) is 0 Å². The third kappa shape index (κ3) is 4.99. The van der Waals surface area contributed by atoms with Gasteiger partial charge in [-0.2, -0.15) is 0 Å². The van der Waals surface area contributed by atoms with Gasteiger partial charge in [0.1, 0.15) is 0 Å². The van der Waals surface area contributed by atoms with Crippen molar-refractivity contribution in [2.45, 2.75) is 57.4 Å². The van der Waals surface area contributed by atoms with Gasteiger partial charge in [-0.1, -0.05) is 61.7 Å². The van der Waals surface area contributed by atoms with Crippen molar-refractivity contribution in [1.82, 2.24) is 5.32 Å². The van der Waals surface area contributed by atoms with E-state index in [1.807, 2.05) is 49.4 Å². The summed E-state index contributed by atoms with van der Waals surface area (Å²) in [6, 6.07) is 17.2. The number of hydrogen-bond donors (Lipinski definition) is 2. The molecule has 2 aromatic carbocycles. The van der Waals surface area contributed by atoms with E-state index in [-0.39, 0.29) is 17.7 Å². The molecule has 1 atom stereocenters. The van der Waals surface area contributed by atoms with Crippen molar-refractivity contribution in [1.29, 1.82) is 0 Å². The van der Waals surface area contributed by atoms with Crippen molar-refractivity contribution in [2.75, 3.05) is 10.5 Å². The fourth-order valence-corrected chi connectivity index (χ4v) is 4.71. The van der Waals surface area contributed by atoms with E-state index in [2.05, 4.69) is 10.0 Å². The lowest BCUT2D eigenvalue weighted by Gasteiger charge is -2.37. The Labute approximate surface area is 174 Å². The lowest BCUT2D eigenvalue weighted by Crippen LogP contribution is -2.46. The summed E-state index contributed by atoms with van der Waals surface area (Å²) in [5, 5.41) is 3.22. The van der Waals surface area contributed by atoms with Crippen molar-refractivity contribution >= 4 is 21.6 Å². The van der Waals surface area contributed by atoms with Crippen LogP contribution < -0.4 is 10.0 Å². The Morgan fingerprint density at radius 3 is 2.21 bits per heavy atom. The normalized spacial score (nSPS) is 17.3. The number of anilines is 1. The Bertz CT molecular complexity index is 918. The molecular weight excluding hydrogens is 384 g/mol. The van der Waals surface area contributed by atoms with Gasteiger partial charge in [-0.3, -0.25) is 9.52 Å². The van der Waals surface area contributed by atoms with Gasteiger partial charge >= 0.3 is 0 Å². The van der Waals surface area contributed by atoms with E-state index in [0.29, 0.717) is 5.69 Å². The first-order valence-electron chi connectivity index (χ1n) is 10.3. The molecule has 0 aromatic heterocycles. The minimum Gasteiger partial charge on any atom is -0.349 e. The van der Waals surface area contributed by atoms with Crippen LogP contribution in [0.25, 0.3) is 0 Å². The summed E-state index contributed by atoms with van der Waals surface area (Å²) in [7, 11) is -3.32. The summed E-state index contributed by atoms with van der Waals surface area (Å²) < 4.78 is 26.2. The average Bonchev–Trinajstić information content (AvgIpc) is 2.75. The predicted molar refractivity (Wildman–Crippen MR) is 117 cm³/mol. The maximum atomic E-state index is 13.4. The summed E-state index contributed by atoms with van der Waals surface area (Å²) in [6.07, 6.45) is 4.77. The average molecular weight is 415 g/mol. The van der Waals surface area contributed by atoms with Gasteiger partial charge in [0, 0.05) is 5.69 Å². The molecule has 0 aliphatic heterocycles. The van der Waals surface area contributed by atoms with Crippen molar-refractivity contribution in [3.8, 4) is 0 Å². The largest absolute Gasteiger partial charge is 0.349 e. The van der Waals surface area contributed by atoms with E-state index in [1.165, 1.54) is 0 Å². The monoisotopic (exact) mass is 414 g/mol. The number of amides is 1. The van der Waals surface area contributed by atoms with Crippen LogP contribution in [0.3, 0.4) is 0 Å². The minimum absolute atomic E-state index is 0.0263. The number of hydrogen-bond acceptors (Lipinski definition) is 3. The zero-order valence-electron chi connectivity index (χ0n) is 17.1. The molecule has 1 aliphatic rings. The van der Waals surface area contributed by atoms with Crippen LogP contribution in [-0.2, 0) is 20.2 Å².